The molecule has 0 aliphatic rings. The van der Waals surface area contributed by atoms with E-state index in [0.717, 1.165) is 21.9 Å². The molecule has 3 aromatic rings. The van der Waals surface area contributed by atoms with Crippen LogP contribution >= 0.6 is 23.2 Å². The highest BCUT2D eigenvalue weighted by molar-refractivity contribution is 6.35. The van der Waals surface area contributed by atoms with Crippen molar-refractivity contribution in [2.24, 2.45) is 0 Å². The van der Waals surface area contributed by atoms with Gasteiger partial charge in [-0.25, -0.2) is 0 Å². The Morgan fingerprint density at radius 1 is 0.800 bits per heavy atom. The minimum Gasteiger partial charge on any atom is -0.384 e. The average Bonchev–Trinajstić information content (AvgIpc) is 2.47. The zero-order valence-corrected chi connectivity index (χ0v) is 12.1. The Labute approximate surface area is 127 Å². The van der Waals surface area contributed by atoms with Gasteiger partial charge in [0.05, 0.1) is 0 Å². The quantitative estimate of drug-likeness (QED) is 0.687. The number of halogens is 2. The third-order valence-corrected chi connectivity index (χ3v) is 3.93. The first-order valence-electron chi connectivity index (χ1n) is 6.27. The Morgan fingerprint density at radius 3 is 2.30 bits per heavy atom. The van der Waals surface area contributed by atoms with Crippen LogP contribution in [-0.4, -0.2) is 5.11 Å². The summed E-state index contributed by atoms with van der Waals surface area (Å²) >= 11 is 12.2. The third kappa shape index (κ3) is 2.40. The number of fused-ring (bicyclic) bond motifs is 1. The standard InChI is InChI=1S/C17H12Cl2O/c18-12-5-3-4-11(10-12)17(20)15-8-9-16(19)14-7-2-1-6-13(14)15/h1-10,17,20H. The van der Waals surface area contributed by atoms with E-state index >= 15 is 0 Å². The van der Waals surface area contributed by atoms with Gasteiger partial charge < -0.3 is 5.11 Å². The number of aliphatic hydroxyl groups is 1. The van der Waals surface area contributed by atoms with Crippen LogP contribution in [0.25, 0.3) is 10.8 Å². The van der Waals surface area contributed by atoms with E-state index in [1.165, 1.54) is 0 Å². The predicted molar refractivity (Wildman–Crippen MR) is 84.5 cm³/mol. The maximum absolute atomic E-state index is 10.6. The lowest BCUT2D eigenvalue weighted by molar-refractivity contribution is 0.222. The monoisotopic (exact) mass is 302 g/mol. The molecule has 0 saturated heterocycles. The third-order valence-electron chi connectivity index (χ3n) is 3.36. The summed E-state index contributed by atoms with van der Waals surface area (Å²) in [5.74, 6) is 0. The molecule has 1 atom stereocenters. The van der Waals surface area contributed by atoms with Crippen LogP contribution in [0.4, 0.5) is 0 Å². The smallest absolute Gasteiger partial charge is 0.105 e. The summed E-state index contributed by atoms with van der Waals surface area (Å²) in [7, 11) is 0. The van der Waals surface area contributed by atoms with Crippen molar-refractivity contribution in [3.63, 3.8) is 0 Å². The molecule has 3 aromatic carbocycles. The molecule has 0 aliphatic heterocycles. The summed E-state index contributed by atoms with van der Waals surface area (Å²) in [4.78, 5) is 0. The Bertz CT molecular complexity index is 768. The van der Waals surface area contributed by atoms with Gasteiger partial charge in [0, 0.05) is 15.4 Å². The van der Waals surface area contributed by atoms with Crippen molar-refractivity contribution in [3.05, 3.63) is 81.8 Å². The zero-order chi connectivity index (χ0) is 14.1. The molecule has 0 radical (unpaired) electrons. The van der Waals surface area contributed by atoms with Crippen LogP contribution in [0.5, 0.6) is 0 Å². The molecule has 20 heavy (non-hydrogen) atoms. The lowest BCUT2D eigenvalue weighted by Gasteiger charge is -2.15. The fourth-order valence-electron chi connectivity index (χ4n) is 2.38. The van der Waals surface area contributed by atoms with Crippen molar-refractivity contribution in [3.8, 4) is 0 Å². The number of rotatable bonds is 2. The topological polar surface area (TPSA) is 20.2 Å². The van der Waals surface area contributed by atoms with Crippen LogP contribution in [-0.2, 0) is 0 Å². The van der Waals surface area contributed by atoms with Crippen molar-refractivity contribution in [1.29, 1.82) is 0 Å². The normalized spacial score (nSPS) is 12.6. The lowest BCUT2D eigenvalue weighted by Crippen LogP contribution is -2.00. The Balaban J connectivity index is 2.17. The summed E-state index contributed by atoms with van der Waals surface area (Å²) in [5, 5.41) is 13.8. The summed E-state index contributed by atoms with van der Waals surface area (Å²) in [6, 6.07) is 18.7. The van der Waals surface area contributed by atoms with E-state index in [2.05, 4.69) is 0 Å². The first kappa shape index (κ1) is 13.4. The first-order valence-corrected chi connectivity index (χ1v) is 7.03. The maximum atomic E-state index is 10.6. The molecule has 3 rings (SSSR count). The van der Waals surface area contributed by atoms with Gasteiger partial charge in [0.25, 0.3) is 0 Å². The van der Waals surface area contributed by atoms with Gasteiger partial charge in [-0.1, -0.05) is 65.7 Å². The Morgan fingerprint density at radius 2 is 1.55 bits per heavy atom. The second-order valence-electron chi connectivity index (χ2n) is 4.64. The van der Waals surface area contributed by atoms with E-state index in [-0.39, 0.29) is 0 Å². The molecule has 0 amide bonds. The van der Waals surface area contributed by atoms with Gasteiger partial charge in [-0.3, -0.25) is 0 Å². The molecule has 0 spiro atoms. The molecule has 1 N–H and O–H groups in total. The highest BCUT2D eigenvalue weighted by Crippen LogP contribution is 2.33. The maximum Gasteiger partial charge on any atom is 0.105 e. The van der Waals surface area contributed by atoms with Crippen LogP contribution in [0.1, 0.15) is 17.2 Å². The number of hydrogen-bond acceptors (Lipinski definition) is 1. The number of benzene rings is 3. The summed E-state index contributed by atoms with van der Waals surface area (Å²) in [6.07, 6.45) is -0.726. The highest BCUT2D eigenvalue weighted by atomic mass is 35.5. The fourth-order valence-corrected chi connectivity index (χ4v) is 2.81. The zero-order valence-electron chi connectivity index (χ0n) is 10.6. The SMILES string of the molecule is OC(c1cccc(Cl)c1)c1ccc(Cl)c2ccccc12. The van der Waals surface area contributed by atoms with E-state index in [9.17, 15) is 5.11 Å². The van der Waals surface area contributed by atoms with Crippen molar-refractivity contribution in [2.45, 2.75) is 6.10 Å². The molecule has 0 heterocycles. The van der Waals surface area contributed by atoms with Crippen LogP contribution in [0, 0.1) is 0 Å². The molecule has 100 valence electrons. The highest BCUT2D eigenvalue weighted by Gasteiger charge is 2.14. The summed E-state index contributed by atoms with van der Waals surface area (Å²) < 4.78 is 0. The summed E-state index contributed by atoms with van der Waals surface area (Å²) in [5.41, 5.74) is 1.59. The largest absolute Gasteiger partial charge is 0.384 e. The molecule has 1 unspecified atom stereocenters. The van der Waals surface area contributed by atoms with Gasteiger partial charge in [-0.2, -0.15) is 0 Å². The summed E-state index contributed by atoms with van der Waals surface area (Å²) in [6.45, 7) is 0. The Kier molecular flexibility index (Phi) is 3.66. The van der Waals surface area contributed by atoms with Crippen molar-refractivity contribution >= 4 is 34.0 Å². The molecular formula is C17H12Cl2O. The number of aliphatic hydroxyl groups excluding tert-OH is 1. The average molecular weight is 303 g/mol. The lowest BCUT2D eigenvalue weighted by atomic mass is 9.96. The van der Waals surface area contributed by atoms with Crippen molar-refractivity contribution in [2.75, 3.05) is 0 Å². The molecule has 0 aromatic heterocycles. The van der Waals surface area contributed by atoms with Gasteiger partial charge in [0.15, 0.2) is 0 Å². The Hall–Kier alpha value is -1.54. The second kappa shape index (κ2) is 5.45. The van der Waals surface area contributed by atoms with Crippen LogP contribution in [0.15, 0.2) is 60.7 Å². The van der Waals surface area contributed by atoms with E-state index < -0.39 is 6.10 Å². The van der Waals surface area contributed by atoms with Gasteiger partial charge in [0.2, 0.25) is 0 Å². The first-order chi connectivity index (χ1) is 9.66. The molecule has 0 saturated carbocycles. The van der Waals surface area contributed by atoms with E-state index in [0.29, 0.717) is 10.0 Å². The van der Waals surface area contributed by atoms with Gasteiger partial charge >= 0.3 is 0 Å². The predicted octanol–water partition coefficient (Wildman–Crippen LogP) is 5.23. The molecular weight excluding hydrogens is 291 g/mol. The van der Waals surface area contributed by atoms with Crippen molar-refractivity contribution < 1.29 is 5.11 Å². The molecule has 0 bridgehead atoms. The molecule has 1 nitrogen and oxygen atoms in total. The second-order valence-corrected chi connectivity index (χ2v) is 5.48. The van der Waals surface area contributed by atoms with Gasteiger partial charge in [-0.05, 0) is 34.7 Å². The van der Waals surface area contributed by atoms with Crippen LogP contribution in [0.3, 0.4) is 0 Å². The van der Waals surface area contributed by atoms with Crippen LogP contribution < -0.4 is 0 Å². The van der Waals surface area contributed by atoms with Gasteiger partial charge in [0.1, 0.15) is 6.10 Å². The number of hydrogen-bond donors (Lipinski definition) is 1. The molecule has 0 aliphatic carbocycles. The van der Waals surface area contributed by atoms with E-state index in [4.69, 9.17) is 23.2 Å². The van der Waals surface area contributed by atoms with Gasteiger partial charge in [-0.15, -0.1) is 0 Å². The fraction of sp³-hybridized carbons (Fsp3) is 0.0588. The van der Waals surface area contributed by atoms with E-state index in [1.807, 2.05) is 48.5 Å². The molecule has 3 heteroatoms. The minimum atomic E-state index is -0.726. The minimum absolute atomic E-state index is 0.611. The van der Waals surface area contributed by atoms with E-state index in [1.54, 1.807) is 12.1 Å². The van der Waals surface area contributed by atoms with Crippen molar-refractivity contribution in [1.82, 2.24) is 0 Å². The molecule has 0 fully saturated rings. The van der Waals surface area contributed by atoms with Crippen LogP contribution in [0.2, 0.25) is 10.0 Å².